The summed E-state index contributed by atoms with van der Waals surface area (Å²) in [6.07, 6.45) is 5.79. The number of hydrogen-bond donors (Lipinski definition) is 1. The molecule has 0 spiro atoms. The molecule has 7 heteroatoms. The van der Waals surface area contributed by atoms with Gasteiger partial charge in [0.15, 0.2) is 0 Å². The summed E-state index contributed by atoms with van der Waals surface area (Å²) < 4.78 is 42.1. The van der Waals surface area contributed by atoms with Gasteiger partial charge in [-0.1, -0.05) is 18.2 Å². The lowest BCUT2D eigenvalue weighted by molar-refractivity contribution is 0.334. The van der Waals surface area contributed by atoms with E-state index in [4.69, 9.17) is 0 Å². The predicted octanol–water partition coefficient (Wildman–Crippen LogP) is 2.43. The number of benzene rings is 1. The van der Waals surface area contributed by atoms with Crippen LogP contribution < -0.4 is 4.72 Å². The zero-order valence-electron chi connectivity index (χ0n) is 12.7. The minimum absolute atomic E-state index is 0.000657. The minimum Gasteiger partial charge on any atom is -0.306 e. The van der Waals surface area contributed by atoms with E-state index in [1.807, 2.05) is 35.0 Å². The van der Waals surface area contributed by atoms with Crippen LogP contribution in [0.1, 0.15) is 24.8 Å². The summed E-state index contributed by atoms with van der Waals surface area (Å²) in [4.78, 5) is 4.01. The summed E-state index contributed by atoms with van der Waals surface area (Å²) in [5.41, 5.74) is 1.75. The monoisotopic (exact) mass is 337 g/mol. The van der Waals surface area contributed by atoms with Crippen LogP contribution in [-0.2, 0) is 16.6 Å². The van der Waals surface area contributed by atoms with Crippen molar-refractivity contribution in [1.82, 2.24) is 14.3 Å². The molecule has 2 atom stereocenters. The Labute approximate surface area is 135 Å². The van der Waals surface area contributed by atoms with Gasteiger partial charge >= 0.3 is 0 Å². The molecule has 1 aromatic heterocycles. The molecule has 0 amide bonds. The van der Waals surface area contributed by atoms with Crippen molar-refractivity contribution in [2.24, 2.45) is 5.92 Å². The van der Waals surface area contributed by atoms with E-state index in [1.54, 1.807) is 12.5 Å². The van der Waals surface area contributed by atoms with Crippen LogP contribution in [0.4, 0.5) is 4.39 Å². The van der Waals surface area contributed by atoms with Crippen LogP contribution in [0.3, 0.4) is 0 Å². The Balaban J connectivity index is 1.66. The van der Waals surface area contributed by atoms with Gasteiger partial charge < -0.3 is 4.57 Å². The molecule has 1 fully saturated rings. The van der Waals surface area contributed by atoms with E-state index in [-0.39, 0.29) is 18.2 Å². The SMILES string of the molecule is O=S(=O)(CC1CCC(F)C1)NCc1ccccc1-n1ccnc1. The molecule has 0 saturated heterocycles. The lowest BCUT2D eigenvalue weighted by Gasteiger charge is -2.13. The van der Waals surface area contributed by atoms with Gasteiger partial charge in [0.25, 0.3) is 0 Å². The Bertz CT molecular complexity index is 746. The Morgan fingerprint density at radius 1 is 1.30 bits per heavy atom. The van der Waals surface area contributed by atoms with Crippen molar-refractivity contribution >= 4 is 10.0 Å². The first kappa shape index (κ1) is 16.1. The smallest absolute Gasteiger partial charge is 0.212 e. The summed E-state index contributed by atoms with van der Waals surface area (Å²) in [7, 11) is -3.41. The Kier molecular flexibility index (Phi) is 4.77. The summed E-state index contributed by atoms with van der Waals surface area (Å²) in [5, 5.41) is 0. The third kappa shape index (κ3) is 4.17. The maximum absolute atomic E-state index is 13.2. The molecule has 2 aromatic rings. The second-order valence-corrected chi connectivity index (χ2v) is 7.83. The third-order valence-corrected chi connectivity index (χ3v) is 5.68. The van der Waals surface area contributed by atoms with E-state index in [0.29, 0.717) is 19.3 Å². The van der Waals surface area contributed by atoms with E-state index in [1.165, 1.54) is 0 Å². The molecule has 5 nitrogen and oxygen atoms in total. The molecule has 3 rings (SSSR count). The number of halogens is 1. The van der Waals surface area contributed by atoms with Crippen LogP contribution in [0.15, 0.2) is 43.0 Å². The van der Waals surface area contributed by atoms with Crippen LogP contribution in [-0.4, -0.2) is 29.9 Å². The second-order valence-electron chi connectivity index (χ2n) is 5.98. The van der Waals surface area contributed by atoms with Gasteiger partial charge in [0.2, 0.25) is 10.0 Å². The number of hydrogen-bond acceptors (Lipinski definition) is 3. The molecule has 0 radical (unpaired) electrons. The molecule has 1 aromatic carbocycles. The van der Waals surface area contributed by atoms with Gasteiger partial charge in [-0.15, -0.1) is 0 Å². The van der Waals surface area contributed by atoms with Crippen LogP contribution in [0, 0.1) is 5.92 Å². The largest absolute Gasteiger partial charge is 0.306 e. The number of rotatable bonds is 6. The molecule has 0 bridgehead atoms. The molecule has 1 aliphatic carbocycles. The number of alkyl halides is 1. The highest BCUT2D eigenvalue weighted by Crippen LogP contribution is 2.28. The fraction of sp³-hybridized carbons (Fsp3) is 0.438. The maximum atomic E-state index is 13.2. The van der Waals surface area contributed by atoms with E-state index < -0.39 is 16.2 Å². The summed E-state index contributed by atoms with van der Waals surface area (Å²) in [6.45, 7) is 0.211. The van der Waals surface area contributed by atoms with Crippen molar-refractivity contribution in [3.8, 4) is 5.69 Å². The van der Waals surface area contributed by atoms with E-state index in [2.05, 4.69) is 9.71 Å². The standard InChI is InChI=1S/C16H20FN3O2S/c17-15-6-5-13(9-15)11-23(21,22)19-10-14-3-1-2-4-16(14)20-8-7-18-12-20/h1-4,7-8,12-13,15,19H,5-6,9-11H2. The maximum Gasteiger partial charge on any atom is 0.212 e. The highest BCUT2D eigenvalue weighted by atomic mass is 32.2. The Morgan fingerprint density at radius 2 is 2.13 bits per heavy atom. The van der Waals surface area contributed by atoms with Crippen LogP contribution >= 0.6 is 0 Å². The average Bonchev–Trinajstić information content (AvgIpc) is 3.17. The molecule has 1 saturated carbocycles. The second kappa shape index (κ2) is 6.80. The molecule has 23 heavy (non-hydrogen) atoms. The molecular formula is C16H20FN3O2S. The first-order valence-corrected chi connectivity index (χ1v) is 9.36. The number of imidazole rings is 1. The highest BCUT2D eigenvalue weighted by molar-refractivity contribution is 7.89. The van der Waals surface area contributed by atoms with Crippen molar-refractivity contribution in [2.45, 2.75) is 32.0 Å². The van der Waals surface area contributed by atoms with Crippen LogP contribution in [0.2, 0.25) is 0 Å². The number of nitrogens with zero attached hydrogens (tertiary/aromatic N) is 2. The van der Waals surface area contributed by atoms with Crippen molar-refractivity contribution in [3.63, 3.8) is 0 Å². The minimum atomic E-state index is -3.41. The lowest BCUT2D eigenvalue weighted by Crippen LogP contribution is -2.29. The molecule has 1 N–H and O–H groups in total. The Morgan fingerprint density at radius 3 is 2.83 bits per heavy atom. The molecule has 1 aliphatic rings. The third-order valence-electron chi connectivity index (χ3n) is 4.19. The average molecular weight is 337 g/mol. The summed E-state index contributed by atoms with van der Waals surface area (Å²) in [6, 6.07) is 7.56. The molecule has 2 unspecified atom stereocenters. The summed E-state index contributed by atoms with van der Waals surface area (Å²) in [5.74, 6) is -0.0768. The normalized spacial score (nSPS) is 21.6. The molecule has 0 aliphatic heterocycles. The fourth-order valence-electron chi connectivity index (χ4n) is 3.04. The van der Waals surface area contributed by atoms with Crippen LogP contribution in [0.5, 0.6) is 0 Å². The van der Waals surface area contributed by atoms with Crippen molar-refractivity contribution in [1.29, 1.82) is 0 Å². The topological polar surface area (TPSA) is 64.0 Å². The van der Waals surface area contributed by atoms with E-state index >= 15 is 0 Å². The van der Waals surface area contributed by atoms with Gasteiger partial charge in [-0.2, -0.15) is 0 Å². The number of aromatic nitrogens is 2. The number of para-hydroxylation sites is 1. The number of sulfonamides is 1. The fourth-order valence-corrected chi connectivity index (χ4v) is 4.45. The van der Waals surface area contributed by atoms with Gasteiger partial charge in [0.05, 0.1) is 17.8 Å². The van der Waals surface area contributed by atoms with Crippen molar-refractivity contribution in [2.75, 3.05) is 5.75 Å². The Hall–Kier alpha value is -1.73. The zero-order valence-corrected chi connectivity index (χ0v) is 13.5. The van der Waals surface area contributed by atoms with Gasteiger partial charge in [-0.05, 0) is 36.8 Å². The molecular weight excluding hydrogens is 317 g/mol. The van der Waals surface area contributed by atoms with Crippen LogP contribution in [0.25, 0.3) is 5.69 Å². The molecule has 124 valence electrons. The van der Waals surface area contributed by atoms with Gasteiger partial charge in [-0.3, -0.25) is 0 Å². The van der Waals surface area contributed by atoms with E-state index in [0.717, 1.165) is 11.3 Å². The van der Waals surface area contributed by atoms with Crippen molar-refractivity contribution in [3.05, 3.63) is 48.5 Å². The predicted molar refractivity (Wildman–Crippen MR) is 86.4 cm³/mol. The highest BCUT2D eigenvalue weighted by Gasteiger charge is 2.28. The molecule has 1 heterocycles. The van der Waals surface area contributed by atoms with Gasteiger partial charge in [0, 0.05) is 18.9 Å². The first-order chi connectivity index (χ1) is 11.0. The van der Waals surface area contributed by atoms with Gasteiger partial charge in [-0.25, -0.2) is 22.5 Å². The van der Waals surface area contributed by atoms with Crippen molar-refractivity contribution < 1.29 is 12.8 Å². The number of nitrogens with one attached hydrogen (secondary N) is 1. The first-order valence-electron chi connectivity index (χ1n) is 7.71. The van der Waals surface area contributed by atoms with Gasteiger partial charge in [0.1, 0.15) is 6.17 Å². The lowest BCUT2D eigenvalue weighted by atomic mass is 10.1. The zero-order chi connectivity index (χ0) is 16.3. The quantitative estimate of drug-likeness (QED) is 0.880. The summed E-state index contributed by atoms with van der Waals surface area (Å²) >= 11 is 0. The van der Waals surface area contributed by atoms with E-state index in [9.17, 15) is 12.8 Å².